The van der Waals surface area contributed by atoms with E-state index in [9.17, 15) is 14.3 Å². The van der Waals surface area contributed by atoms with Gasteiger partial charge in [-0.3, -0.25) is 14.4 Å². The molecule has 1 N–H and O–H groups in total. The van der Waals surface area contributed by atoms with E-state index in [1.165, 1.54) is 17.3 Å². The molecule has 2 fully saturated rings. The number of carbonyl (C=O) groups is 1. The molecule has 0 aliphatic carbocycles. The van der Waals surface area contributed by atoms with Crippen LogP contribution in [-0.4, -0.2) is 69.4 Å². The number of benzene rings is 3. The van der Waals surface area contributed by atoms with Gasteiger partial charge in [0.2, 0.25) is 0 Å². The molecule has 1 aromatic heterocycles. The summed E-state index contributed by atoms with van der Waals surface area (Å²) in [6, 6.07) is 26.8. The molecule has 0 bridgehead atoms. The molecule has 6 rings (SSSR count). The molecule has 4 aromatic rings. The second-order valence-electron chi connectivity index (χ2n) is 13.7. The molecule has 254 valence electrons. The van der Waals surface area contributed by atoms with Crippen LogP contribution in [0, 0.1) is 17.7 Å². The summed E-state index contributed by atoms with van der Waals surface area (Å²) in [4.78, 5) is 17.1. The SMILES string of the molecule is CC[C@H](C)[C@H](C(=O)O)N1C[C@H](CN2CCC(c3cc(Cc4ccc(Oc5ccccc5)cc4)nn3CC)CC2)[C@@H](c2cccc(F)c2)C1. The Bertz CT molecular complexity index is 1630. The number of aryl methyl sites for hydroxylation is 1. The Morgan fingerprint density at radius 3 is 2.35 bits per heavy atom. The highest BCUT2D eigenvalue weighted by Gasteiger charge is 2.42. The van der Waals surface area contributed by atoms with Crippen molar-refractivity contribution in [1.82, 2.24) is 19.6 Å². The summed E-state index contributed by atoms with van der Waals surface area (Å²) in [7, 11) is 0. The Hall–Kier alpha value is -4.01. The van der Waals surface area contributed by atoms with Gasteiger partial charge in [-0.2, -0.15) is 5.10 Å². The summed E-state index contributed by atoms with van der Waals surface area (Å²) in [5, 5.41) is 15.1. The molecule has 2 aliphatic heterocycles. The van der Waals surface area contributed by atoms with E-state index in [4.69, 9.17) is 9.84 Å². The Morgan fingerprint density at radius 2 is 1.69 bits per heavy atom. The number of rotatable bonds is 13. The lowest BCUT2D eigenvalue weighted by Gasteiger charge is -2.35. The summed E-state index contributed by atoms with van der Waals surface area (Å²) in [5.41, 5.74) is 4.58. The van der Waals surface area contributed by atoms with E-state index < -0.39 is 12.0 Å². The van der Waals surface area contributed by atoms with Crippen molar-refractivity contribution in [3.05, 3.63) is 113 Å². The normalized spacial score (nSPS) is 20.5. The van der Waals surface area contributed by atoms with Gasteiger partial charge in [-0.1, -0.05) is 62.7 Å². The summed E-state index contributed by atoms with van der Waals surface area (Å²) in [6.45, 7) is 11.3. The van der Waals surface area contributed by atoms with Gasteiger partial charge in [-0.05, 0) is 98.3 Å². The van der Waals surface area contributed by atoms with Crippen LogP contribution in [0.5, 0.6) is 11.5 Å². The second kappa shape index (κ2) is 15.5. The standard InChI is InChI=1S/C40H49FN4O3/c1-4-28(3)39(40(46)47)44-26-32(37(27-44)31-10-9-11-33(41)23-31)25-43-20-18-30(19-21-43)38-24-34(42-45(38)5-2)22-29-14-16-36(17-15-29)48-35-12-7-6-8-13-35/h6-17,23-24,28,30,32,37,39H,4-5,18-22,25-27H2,1-3H3,(H,46,47)/t28-,32-,37+,39+/m0/s1. The molecule has 2 saturated heterocycles. The van der Waals surface area contributed by atoms with Gasteiger partial charge in [0, 0.05) is 50.1 Å². The molecular formula is C40H49FN4O3. The van der Waals surface area contributed by atoms with Gasteiger partial charge in [0.1, 0.15) is 23.4 Å². The predicted octanol–water partition coefficient (Wildman–Crippen LogP) is 7.82. The minimum atomic E-state index is -0.759. The van der Waals surface area contributed by atoms with Gasteiger partial charge in [-0.15, -0.1) is 0 Å². The maximum Gasteiger partial charge on any atom is 0.321 e. The van der Waals surface area contributed by atoms with Crippen LogP contribution >= 0.6 is 0 Å². The van der Waals surface area contributed by atoms with Crippen molar-refractivity contribution in [3.8, 4) is 11.5 Å². The van der Waals surface area contributed by atoms with Gasteiger partial charge in [0.15, 0.2) is 0 Å². The van der Waals surface area contributed by atoms with Crippen molar-refractivity contribution in [1.29, 1.82) is 0 Å². The average molecular weight is 653 g/mol. The van der Waals surface area contributed by atoms with Crippen LogP contribution in [0.15, 0.2) is 84.9 Å². The first-order valence-electron chi connectivity index (χ1n) is 17.6. The number of aliphatic carboxylic acids is 1. The number of aromatic nitrogens is 2. The van der Waals surface area contributed by atoms with E-state index >= 15 is 0 Å². The van der Waals surface area contributed by atoms with Gasteiger partial charge in [0.05, 0.1) is 5.69 Å². The summed E-state index contributed by atoms with van der Waals surface area (Å²) in [6.07, 6.45) is 3.70. The first-order chi connectivity index (χ1) is 23.3. The minimum Gasteiger partial charge on any atom is -0.480 e. The molecule has 4 atom stereocenters. The van der Waals surface area contributed by atoms with E-state index in [1.807, 2.05) is 55.5 Å². The van der Waals surface area contributed by atoms with Crippen molar-refractivity contribution in [2.24, 2.45) is 11.8 Å². The second-order valence-corrected chi connectivity index (χ2v) is 13.7. The third kappa shape index (κ3) is 7.99. The quantitative estimate of drug-likeness (QED) is 0.159. The van der Waals surface area contributed by atoms with Gasteiger partial charge < -0.3 is 14.7 Å². The van der Waals surface area contributed by atoms with E-state index in [0.29, 0.717) is 19.0 Å². The number of carboxylic acid groups (broad SMARTS) is 1. The summed E-state index contributed by atoms with van der Waals surface area (Å²) in [5.74, 6) is 1.50. The molecule has 0 amide bonds. The van der Waals surface area contributed by atoms with E-state index in [2.05, 4.69) is 46.5 Å². The van der Waals surface area contributed by atoms with E-state index in [-0.39, 0.29) is 23.6 Å². The zero-order chi connectivity index (χ0) is 33.6. The topological polar surface area (TPSA) is 70.8 Å². The highest BCUT2D eigenvalue weighted by molar-refractivity contribution is 5.74. The molecule has 3 aromatic carbocycles. The third-order valence-corrected chi connectivity index (χ3v) is 10.5. The first-order valence-corrected chi connectivity index (χ1v) is 17.6. The maximum atomic E-state index is 14.3. The molecule has 0 radical (unpaired) electrons. The zero-order valence-corrected chi connectivity index (χ0v) is 28.5. The number of hydrogen-bond acceptors (Lipinski definition) is 5. The lowest BCUT2D eigenvalue weighted by Crippen LogP contribution is -2.45. The summed E-state index contributed by atoms with van der Waals surface area (Å²) < 4.78 is 22.5. The highest BCUT2D eigenvalue weighted by atomic mass is 19.1. The highest BCUT2D eigenvalue weighted by Crippen LogP contribution is 2.38. The molecule has 48 heavy (non-hydrogen) atoms. The third-order valence-electron chi connectivity index (χ3n) is 10.5. The first kappa shape index (κ1) is 33.9. The van der Waals surface area contributed by atoms with Gasteiger partial charge in [0.25, 0.3) is 0 Å². The molecule has 7 nitrogen and oxygen atoms in total. The lowest BCUT2D eigenvalue weighted by atomic mass is 9.87. The molecule has 2 aliphatic rings. The van der Waals surface area contributed by atoms with Crippen molar-refractivity contribution in [2.45, 2.75) is 70.9 Å². The van der Waals surface area contributed by atoms with Crippen LogP contribution < -0.4 is 4.74 Å². The Morgan fingerprint density at radius 1 is 0.958 bits per heavy atom. The van der Waals surface area contributed by atoms with Crippen molar-refractivity contribution in [3.63, 3.8) is 0 Å². The lowest BCUT2D eigenvalue weighted by molar-refractivity contribution is -0.145. The molecule has 8 heteroatoms. The number of likely N-dealkylation sites (tertiary alicyclic amines) is 2. The smallest absolute Gasteiger partial charge is 0.321 e. The Labute approximate surface area is 284 Å². The van der Waals surface area contributed by atoms with Gasteiger partial charge >= 0.3 is 5.97 Å². The molecule has 0 unspecified atom stereocenters. The van der Waals surface area contributed by atoms with Crippen LogP contribution in [-0.2, 0) is 17.8 Å². The fourth-order valence-electron chi connectivity index (χ4n) is 7.82. The minimum absolute atomic E-state index is 0.0477. The predicted molar refractivity (Wildman–Crippen MR) is 187 cm³/mol. The molecule has 0 saturated carbocycles. The van der Waals surface area contributed by atoms with Crippen LogP contribution in [0.4, 0.5) is 4.39 Å². The molecule has 0 spiro atoms. The number of hydrogen-bond donors (Lipinski definition) is 1. The van der Waals surface area contributed by atoms with Crippen LogP contribution in [0.2, 0.25) is 0 Å². The average Bonchev–Trinajstić information content (AvgIpc) is 3.70. The number of halogens is 1. The number of para-hydroxylation sites is 1. The Balaban J connectivity index is 1.09. The van der Waals surface area contributed by atoms with Crippen molar-refractivity contribution in [2.75, 3.05) is 32.7 Å². The number of carboxylic acids is 1. The van der Waals surface area contributed by atoms with Crippen molar-refractivity contribution >= 4 is 5.97 Å². The van der Waals surface area contributed by atoms with Gasteiger partial charge in [-0.25, -0.2) is 4.39 Å². The van der Waals surface area contributed by atoms with Crippen LogP contribution in [0.1, 0.15) is 74.4 Å². The maximum absolute atomic E-state index is 14.3. The number of ether oxygens (including phenoxy) is 1. The number of piperidine rings is 1. The van der Waals surface area contributed by atoms with Crippen molar-refractivity contribution < 1.29 is 19.0 Å². The monoisotopic (exact) mass is 652 g/mol. The fraction of sp³-hybridized carbons (Fsp3) is 0.450. The Kier molecular flexibility index (Phi) is 10.9. The van der Waals surface area contributed by atoms with Crippen LogP contribution in [0.3, 0.4) is 0 Å². The van der Waals surface area contributed by atoms with E-state index in [1.54, 1.807) is 12.1 Å². The summed E-state index contributed by atoms with van der Waals surface area (Å²) >= 11 is 0. The largest absolute Gasteiger partial charge is 0.480 e. The fourth-order valence-corrected chi connectivity index (χ4v) is 7.82. The van der Waals surface area contributed by atoms with Crippen LogP contribution in [0.25, 0.3) is 0 Å². The number of nitrogens with zero attached hydrogens (tertiary/aromatic N) is 4. The zero-order valence-electron chi connectivity index (χ0n) is 28.5. The van der Waals surface area contributed by atoms with E-state index in [0.717, 1.165) is 74.6 Å². The molecule has 3 heterocycles. The molecular weight excluding hydrogens is 603 g/mol.